The van der Waals surface area contributed by atoms with Gasteiger partial charge in [0.2, 0.25) is 6.08 Å². The van der Waals surface area contributed by atoms with Crippen LogP contribution in [-0.4, -0.2) is 19.2 Å². The molecule has 0 fully saturated rings. The molecule has 16 heavy (non-hydrogen) atoms. The van der Waals surface area contributed by atoms with Gasteiger partial charge in [-0.25, -0.2) is 9.59 Å². The van der Waals surface area contributed by atoms with Gasteiger partial charge in [0, 0.05) is 0 Å². The summed E-state index contributed by atoms with van der Waals surface area (Å²) in [5.74, 6) is -0.481. The van der Waals surface area contributed by atoms with Crippen LogP contribution in [0.1, 0.15) is 22.8 Å². The van der Waals surface area contributed by atoms with Gasteiger partial charge in [-0.2, -0.15) is 4.99 Å². The molecular formula is C12H11NO3. The summed E-state index contributed by atoms with van der Waals surface area (Å²) in [5.41, 5.74) is 2.19. The Kier molecular flexibility index (Phi) is 3.75. The number of isocyanates is 1. The highest BCUT2D eigenvalue weighted by atomic mass is 16.5. The molecular weight excluding hydrogens is 206 g/mol. The second-order valence-electron chi connectivity index (χ2n) is 3.24. The lowest BCUT2D eigenvalue weighted by atomic mass is 10.0. The largest absolute Gasteiger partial charge is 0.465 e. The number of hydrogen-bond donors (Lipinski definition) is 0. The Labute approximate surface area is 93.3 Å². The number of hydrogen-bond acceptors (Lipinski definition) is 4. The van der Waals surface area contributed by atoms with E-state index in [2.05, 4.69) is 16.3 Å². The van der Waals surface area contributed by atoms with E-state index in [9.17, 15) is 9.59 Å². The number of rotatable bonds is 3. The molecule has 1 rings (SSSR count). The number of esters is 1. The van der Waals surface area contributed by atoms with Crippen molar-refractivity contribution in [2.75, 3.05) is 7.11 Å². The number of allylic oxidation sites excluding steroid dienone is 1. The summed E-state index contributed by atoms with van der Waals surface area (Å²) in [6.07, 6.45) is 1.43. The van der Waals surface area contributed by atoms with E-state index < -0.39 is 5.97 Å². The lowest BCUT2D eigenvalue weighted by molar-refractivity contribution is 0.0600. The zero-order valence-electron chi connectivity index (χ0n) is 9.11. The predicted molar refractivity (Wildman–Crippen MR) is 60.3 cm³/mol. The van der Waals surface area contributed by atoms with E-state index in [-0.39, 0.29) is 0 Å². The third-order valence-corrected chi connectivity index (χ3v) is 2.01. The summed E-state index contributed by atoms with van der Waals surface area (Å²) in [6, 6.07) is 4.75. The normalized spacial score (nSPS) is 9.12. The van der Waals surface area contributed by atoms with Crippen molar-refractivity contribution in [1.29, 1.82) is 0 Å². The van der Waals surface area contributed by atoms with Crippen molar-refractivity contribution in [3.63, 3.8) is 0 Å². The van der Waals surface area contributed by atoms with Gasteiger partial charge in [0.1, 0.15) is 0 Å². The standard InChI is InChI=1S/C12H11NO3/c1-8(2)9-4-10(12(15)16-3)6-11(5-9)13-7-14/h4-6H,1H2,2-3H3. The van der Waals surface area contributed by atoms with Crippen LogP contribution in [0.4, 0.5) is 5.69 Å². The zero-order chi connectivity index (χ0) is 12.1. The minimum Gasteiger partial charge on any atom is -0.465 e. The average molecular weight is 217 g/mol. The molecule has 0 aromatic heterocycles. The lowest BCUT2D eigenvalue weighted by Crippen LogP contribution is -2.01. The molecule has 1 aromatic rings. The number of methoxy groups -OCH3 is 1. The zero-order valence-corrected chi connectivity index (χ0v) is 9.11. The minimum absolute atomic E-state index is 0.331. The Morgan fingerprint density at radius 2 is 2.00 bits per heavy atom. The SMILES string of the molecule is C=C(C)c1cc(N=C=O)cc(C(=O)OC)c1. The van der Waals surface area contributed by atoms with Crippen molar-refractivity contribution in [1.82, 2.24) is 0 Å². The Hall–Kier alpha value is -2.19. The Bertz CT molecular complexity index is 465. The highest BCUT2D eigenvalue weighted by Crippen LogP contribution is 2.22. The van der Waals surface area contributed by atoms with E-state index in [1.54, 1.807) is 19.1 Å². The van der Waals surface area contributed by atoms with Crippen molar-refractivity contribution in [2.24, 2.45) is 4.99 Å². The first-order valence-electron chi connectivity index (χ1n) is 4.55. The van der Waals surface area contributed by atoms with Gasteiger partial charge >= 0.3 is 5.97 Å². The molecule has 0 aliphatic heterocycles. The Balaban J connectivity index is 3.34. The Morgan fingerprint density at radius 3 is 2.50 bits per heavy atom. The van der Waals surface area contributed by atoms with E-state index in [0.717, 1.165) is 11.1 Å². The lowest BCUT2D eigenvalue weighted by Gasteiger charge is -2.05. The van der Waals surface area contributed by atoms with Gasteiger partial charge in [0.15, 0.2) is 0 Å². The fourth-order valence-electron chi connectivity index (χ4n) is 1.21. The minimum atomic E-state index is -0.481. The molecule has 0 saturated carbocycles. The number of nitrogens with zero attached hydrogens (tertiary/aromatic N) is 1. The predicted octanol–water partition coefficient (Wildman–Crippen LogP) is 2.47. The van der Waals surface area contributed by atoms with Crippen molar-refractivity contribution >= 4 is 23.3 Å². The van der Waals surface area contributed by atoms with Crippen LogP contribution in [0, 0.1) is 0 Å². The van der Waals surface area contributed by atoms with Crippen LogP contribution in [0.25, 0.3) is 5.57 Å². The van der Waals surface area contributed by atoms with Crippen LogP contribution in [-0.2, 0) is 9.53 Å². The molecule has 4 heteroatoms. The fourth-order valence-corrected chi connectivity index (χ4v) is 1.21. The van der Waals surface area contributed by atoms with E-state index in [1.807, 2.05) is 0 Å². The third kappa shape index (κ3) is 2.65. The smallest absolute Gasteiger partial charge is 0.337 e. The van der Waals surface area contributed by atoms with Crippen molar-refractivity contribution in [3.8, 4) is 0 Å². The summed E-state index contributed by atoms with van der Waals surface area (Å²) < 4.78 is 4.60. The highest BCUT2D eigenvalue weighted by Gasteiger charge is 2.08. The Morgan fingerprint density at radius 1 is 1.38 bits per heavy atom. The summed E-state index contributed by atoms with van der Waals surface area (Å²) in [4.78, 5) is 25.0. The molecule has 0 unspecified atom stereocenters. The molecule has 0 bridgehead atoms. The first-order valence-corrected chi connectivity index (χ1v) is 4.55. The summed E-state index contributed by atoms with van der Waals surface area (Å²) in [6.45, 7) is 5.56. The molecule has 82 valence electrons. The molecule has 0 aliphatic rings. The van der Waals surface area contributed by atoms with E-state index in [4.69, 9.17) is 0 Å². The van der Waals surface area contributed by atoms with Gasteiger partial charge in [-0.3, -0.25) is 0 Å². The monoisotopic (exact) mass is 217 g/mol. The molecule has 0 spiro atoms. The molecule has 1 aromatic carbocycles. The van der Waals surface area contributed by atoms with Crippen LogP contribution in [0.2, 0.25) is 0 Å². The van der Waals surface area contributed by atoms with Crippen LogP contribution in [0.3, 0.4) is 0 Å². The maximum absolute atomic E-state index is 11.4. The number of carbonyl (C=O) groups is 1. The third-order valence-electron chi connectivity index (χ3n) is 2.01. The van der Waals surface area contributed by atoms with Gasteiger partial charge in [-0.15, -0.1) is 0 Å². The molecule has 0 N–H and O–H groups in total. The first kappa shape index (κ1) is 11.9. The van der Waals surface area contributed by atoms with E-state index >= 15 is 0 Å². The van der Waals surface area contributed by atoms with Crippen molar-refractivity contribution in [2.45, 2.75) is 6.92 Å². The second kappa shape index (κ2) is 5.05. The van der Waals surface area contributed by atoms with Gasteiger partial charge < -0.3 is 4.74 Å². The number of carbonyl (C=O) groups excluding carboxylic acids is 2. The van der Waals surface area contributed by atoms with Crippen LogP contribution < -0.4 is 0 Å². The van der Waals surface area contributed by atoms with Crippen molar-refractivity contribution < 1.29 is 14.3 Å². The van der Waals surface area contributed by atoms with Crippen LogP contribution in [0.5, 0.6) is 0 Å². The molecule has 4 nitrogen and oxygen atoms in total. The average Bonchev–Trinajstić information content (AvgIpc) is 2.28. The number of ether oxygens (including phenoxy) is 1. The summed E-state index contributed by atoms with van der Waals surface area (Å²) in [7, 11) is 1.29. The second-order valence-corrected chi connectivity index (χ2v) is 3.24. The molecule has 0 heterocycles. The summed E-state index contributed by atoms with van der Waals surface area (Å²) in [5, 5.41) is 0. The van der Waals surface area contributed by atoms with E-state index in [1.165, 1.54) is 19.3 Å². The van der Waals surface area contributed by atoms with Crippen LogP contribution in [0.15, 0.2) is 29.8 Å². The number of aliphatic imine (C=N–C) groups is 1. The first-order chi connectivity index (χ1) is 7.58. The molecule has 0 aliphatic carbocycles. The quantitative estimate of drug-likeness (QED) is 0.444. The van der Waals surface area contributed by atoms with Gasteiger partial charge in [-0.05, 0) is 30.7 Å². The van der Waals surface area contributed by atoms with Gasteiger partial charge in [0.05, 0.1) is 18.4 Å². The molecule has 0 radical (unpaired) electrons. The topological polar surface area (TPSA) is 55.7 Å². The van der Waals surface area contributed by atoms with Gasteiger partial charge in [0.25, 0.3) is 0 Å². The fraction of sp³-hybridized carbons (Fsp3) is 0.167. The highest BCUT2D eigenvalue weighted by molar-refractivity contribution is 5.91. The van der Waals surface area contributed by atoms with Crippen molar-refractivity contribution in [3.05, 3.63) is 35.9 Å². The molecule has 0 saturated heterocycles. The maximum atomic E-state index is 11.4. The van der Waals surface area contributed by atoms with Crippen LogP contribution >= 0.6 is 0 Å². The number of benzene rings is 1. The van der Waals surface area contributed by atoms with Gasteiger partial charge in [-0.1, -0.05) is 12.2 Å². The molecule has 0 atom stereocenters. The summed E-state index contributed by atoms with van der Waals surface area (Å²) >= 11 is 0. The van der Waals surface area contributed by atoms with E-state index in [0.29, 0.717) is 11.3 Å². The molecule has 0 amide bonds. The maximum Gasteiger partial charge on any atom is 0.337 e.